The highest BCUT2D eigenvalue weighted by Gasteiger charge is 2.26. The molecule has 0 unspecified atom stereocenters. The van der Waals surface area contributed by atoms with Crippen LogP contribution in [0.3, 0.4) is 0 Å². The molecule has 0 fully saturated rings. The first-order valence-electron chi connectivity index (χ1n) is 11.6. The first-order valence-corrected chi connectivity index (χ1v) is 11.6. The fraction of sp³-hybridized carbons (Fsp3) is 0.133. The molecule has 4 heteroatoms. The molecule has 1 aliphatic heterocycles. The summed E-state index contributed by atoms with van der Waals surface area (Å²) in [7, 11) is 0. The lowest BCUT2D eigenvalue weighted by atomic mass is 9.90. The van der Waals surface area contributed by atoms with E-state index in [-0.39, 0.29) is 11.8 Å². The second kappa shape index (κ2) is 9.75. The zero-order valence-electron chi connectivity index (χ0n) is 18.9. The third-order valence-electron chi connectivity index (χ3n) is 6.26. The number of benzene rings is 4. The van der Waals surface area contributed by atoms with Crippen LogP contribution in [-0.4, -0.2) is 18.4 Å². The Morgan fingerprint density at radius 3 is 1.94 bits per heavy atom. The number of nitrogens with one attached hydrogen (secondary N) is 1. The van der Waals surface area contributed by atoms with Crippen LogP contribution in [0, 0.1) is 0 Å². The maximum absolute atomic E-state index is 13.5. The molecule has 0 saturated carbocycles. The Morgan fingerprint density at radius 1 is 0.735 bits per heavy atom. The number of hydrogen-bond acceptors (Lipinski definition) is 2. The molecule has 2 amide bonds. The lowest BCUT2D eigenvalue weighted by molar-refractivity contribution is -0.116. The van der Waals surface area contributed by atoms with Crippen LogP contribution in [-0.2, 0) is 11.2 Å². The van der Waals surface area contributed by atoms with Crippen LogP contribution in [0.5, 0.6) is 0 Å². The summed E-state index contributed by atoms with van der Waals surface area (Å²) in [6.07, 6.45) is 1.76. The lowest BCUT2D eigenvalue weighted by Crippen LogP contribution is -2.35. The summed E-state index contributed by atoms with van der Waals surface area (Å²) in [4.78, 5) is 28.4. The highest BCUT2D eigenvalue weighted by molar-refractivity contribution is 6.07. The van der Waals surface area contributed by atoms with Crippen molar-refractivity contribution in [3.8, 4) is 0 Å². The molecule has 5 rings (SSSR count). The Hall–Kier alpha value is -4.18. The molecule has 0 aromatic heterocycles. The molecule has 1 heterocycles. The van der Waals surface area contributed by atoms with Gasteiger partial charge in [-0.2, -0.15) is 0 Å². The van der Waals surface area contributed by atoms with E-state index in [4.69, 9.17) is 0 Å². The molecule has 1 N–H and O–H groups in total. The van der Waals surface area contributed by atoms with Crippen molar-refractivity contribution in [3.05, 3.63) is 131 Å². The Kier molecular flexibility index (Phi) is 6.21. The van der Waals surface area contributed by atoms with E-state index < -0.39 is 5.92 Å². The quantitative estimate of drug-likeness (QED) is 0.406. The number of hydrogen-bond donors (Lipinski definition) is 1. The minimum Gasteiger partial charge on any atom is -0.325 e. The third kappa shape index (κ3) is 4.48. The Bertz CT molecular complexity index is 1250. The smallest absolute Gasteiger partial charge is 0.258 e. The Balaban J connectivity index is 1.41. The van der Waals surface area contributed by atoms with Gasteiger partial charge in [0, 0.05) is 23.5 Å². The van der Waals surface area contributed by atoms with Crippen molar-refractivity contribution >= 4 is 23.2 Å². The topological polar surface area (TPSA) is 49.4 Å². The number of nitrogens with zero attached hydrogens (tertiary/aromatic N) is 1. The van der Waals surface area contributed by atoms with Gasteiger partial charge in [0.1, 0.15) is 0 Å². The predicted octanol–water partition coefficient (Wildman–Crippen LogP) is 6.05. The molecule has 1 aliphatic rings. The van der Waals surface area contributed by atoms with Crippen LogP contribution in [0.2, 0.25) is 0 Å². The molecular formula is C30H26N2O2. The zero-order chi connectivity index (χ0) is 23.3. The van der Waals surface area contributed by atoms with Crippen LogP contribution in [0.15, 0.2) is 109 Å². The van der Waals surface area contributed by atoms with Gasteiger partial charge in [0.2, 0.25) is 5.91 Å². The zero-order valence-corrected chi connectivity index (χ0v) is 18.9. The number of fused-ring (bicyclic) bond motifs is 1. The molecule has 0 saturated heterocycles. The van der Waals surface area contributed by atoms with E-state index in [0.29, 0.717) is 12.1 Å². The number of aryl methyl sites for hydroxylation is 1. The number of carbonyl (C=O) groups is 2. The Morgan fingerprint density at radius 2 is 1.32 bits per heavy atom. The molecule has 4 nitrogen and oxygen atoms in total. The van der Waals surface area contributed by atoms with E-state index >= 15 is 0 Å². The normalized spacial score (nSPS) is 12.8. The first kappa shape index (κ1) is 21.7. The number of anilines is 2. The summed E-state index contributed by atoms with van der Waals surface area (Å²) in [5, 5.41) is 3.12. The van der Waals surface area contributed by atoms with E-state index in [2.05, 4.69) is 5.32 Å². The van der Waals surface area contributed by atoms with E-state index in [1.165, 1.54) is 0 Å². The molecule has 0 bridgehead atoms. The predicted molar refractivity (Wildman–Crippen MR) is 136 cm³/mol. The third-order valence-corrected chi connectivity index (χ3v) is 6.26. The molecule has 4 aromatic rings. The van der Waals surface area contributed by atoms with Crippen LogP contribution in [0.4, 0.5) is 11.4 Å². The monoisotopic (exact) mass is 446 g/mol. The van der Waals surface area contributed by atoms with Crippen molar-refractivity contribution in [2.45, 2.75) is 18.8 Å². The second-order valence-corrected chi connectivity index (χ2v) is 8.51. The molecule has 34 heavy (non-hydrogen) atoms. The average molecular weight is 447 g/mol. The molecule has 0 aliphatic carbocycles. The molecule has 168 valence electrons. The van der Waals surface area contributed by atoms with E-state index in [9.17, 15) is 9.59 Å². The SMILES string of the molecule is O=C(Nc1ccc2c(c1)CCCN2C(=O)c1ccccc1)C(c1ccccc1)c1ccccc1. The molecule has 4 aromatic carbocycles. The first-order chi connectivity index (χ1) is 16.7. The van der Waals surface area contributed by atoms with Gasteiger partial charge < -0.3 is 10.2 Å². The van der Waals surface area contributed by atoms with Crippen molar-refractivity contribution in [2.75, 3.05) is 16.8 Å². The van der Waals surface area contributed by atoms with E-state index in [0.717, 1.165) is 40.9 Å². The summed E-state index contributed by atoms with van der Waals surface area (Å²) in [5.74, 6) is -0.480. The van der Waals surface area contributed by atoms with E-state index in [1.807, 2.05) is 114 Å². The highest BCUT2D eigenvalue weighted by atomic mass is 16.2. The molecule has 0 spiro atoms. The Labute approximate surface area is 199 Å². The van der Waals surface area contributed by atoms with Gasteiger partial charge in [-0.05, 0) is 59.9 Å². The number of rotatable bonds is 5. The van der Waals surface area contributed by atoms with Gasteiger partial charge in [0.05, 0.1) is 5.92 Å². The molecule has 0 radical (unpaired) electrons. The van der Waals surface area contributed by atoms with Crippen molar-refractivity contribution in [1.82, 2.24) is 0 Å². The number of carbonyl (C=O) groups excluding carboxylic acids is 2. The fourth-order valence-electron chi connectivity index (χ4n) is 4.62. The van der Waals surface area contributed by atoms with E-state index in [1.54, 1.807) is 0 Å². The van der Waals surface area contributed by atoms with Crippen LogP contribution >= 0.6 is 0 Å². The second-order valence-electron chi connectivity index (χ2n) is 8.51. The molecular weight excluding hydrogens is 420 g/mol. The van der Waals surface area contributed by atoms with Gasteiger partial charge in [-0.25, -0.2) is 0 Å². The van der Waals surface area contributed by atoms with Gasteiger partial charge in [-0.15, -0.1) is 0 Å². The van der Waals surface area contributed by atoms with Gasteiger partial charge in [-0.1, -0.05) is 78.9 Å². The lowest BCUT2D eigenvalue weighted by Gasteiger charge is -2.30. The van der Waals surface area contributed by atoms with Gasteiger partial charge in [0.15, 0.2) is 0 Å². The van der Waals surface area contributed by atoms with Crippen molar-refractivity contribution < 1.29 is 9.59 Å². The number of amides is 2. The average Bonchev–Trinajstić information content (AvgIpc) is 2.90. The standard InChI is InChI=1S/C30H26N2O2/c33-29(28(22-11-4-1-5-12-22)23-13-6-2-7-14-23)31-26-18-19-27-25(21-26)17-10-20-32(27)30(34)24-15-8-3-9-16-24/h1-9,11-16,18-19,21,28H,10,17,20H2,(H,31,33). The molecule has 0 atom stereocenters. The van der Waals surface area contributed by atoms with Crippen molar-refractivity contribution in [3.63, 3.8) is 0 Å². The van der Waals surface area contributed by atoms with Crippen molar-refractivity contribution in [1.29, 1.82) is 0 Å². The minimum atomic E-state index is -0.408. The van der Waals surface area contributed by atoms with Crippen LogP contribution in [0.1, 0.15) is 39.4 Å². The fourth-order valence-corrected chi connectivity index (χ4v) is 4.62. The maximum Gasteiger partial charge on any atom is 0.258 e. The van der Waals surface area contributed by atoms with Gasteiger partial charge >= 0.3 is 0 Å². The van der Waals surface area contributed by atoms with Crippen LogP contribution in [0.25, 0.3) is 0 Å². The summed E-state index contributed by atoms with van der Waals surface area (Å²) in [6, 6.07) is 34.9. The van der Waals surface area contributed by atoms with Gasteiger partial charge in [-0.3, -0.25) is 9.59 Å². The van der Waals surface area contributed by atoms with Crippen molar-refractivity contribution in [2.24, 2.45) is 0 Å². The maximum atomic E-state index is 13.5. The summed E-state index contributed by atoms with van der Waals surface area (Å²) < 4.78 is 0. The minimum absolute atomic E-state index is 0.00607. The van der Waals surface area contributed by atoms with Crippen LogP contribution < -0.4 is 10.2 Å². The summed E-state index contributed by atoms with van der Waals surface area (Å²) in [5.41, 5.74) is 5.31. The van der Waals surface area contributed by atoms with Gasteiger partial charge in [0.25, 0.3) is 5.91 Å². The summed E-state index contributed by atoms with van der Waals surface area (Å²) >= 11 is 0. The highest BCUT2D eigenvalue weighted by Crippen LogP contribution is 2.32. The largest absolute Gasteiger partial charge is 0.325 e. The summed E-state index contributed by atoms with van der Waals surface area (Å²) in [6.45, 7) is 0.691.